The van der Waals surface area contributed by atoms with Gasteiger partial charge in [-0.05, 0) is 66.6 Å². The van der Waals surface area contributed by atoms with Crippen molar-refractivity contribution in [2.45, 2.75) is 13.0 Å². The molecule has 1 amide bonds. The van der Waals surface area contributed by atoms with Crippen LogP contribution in [0.5, 0.6) is 11.5 Å². The lowest BCUT2D eigenvalue weighted by molar-refractivity contribution is -0.132. The molecule has 1 unspecified atom stereocenters. The Kier molecular flexibility index (Phi) is 6.27. The molecule has 1 saturated heterocycles. The zero-order chi connectivity index (χ0) is 25.6. The van der Waals surface area contributed by atoms with E-state index in [2.05, 4.69) is 20.9 Å². The SMILES string of the molecule is COc1ccc2nc(N3C(=O)C(=O)/C(=C(/O)c4ccc(OC)c(C)c4)C3c3ccc(Br)cc3)sc2c1. The number of amides is 1. The Morgan fingerprint density at radius 2 is 1.78 bits per heavy atom. The van der Waals surface area contributed by atoms with Gasteiger partial charge in [0.15, 0.2) is 5.13 Å². The summed E-state index contributed by atoms with van der Waals surface area (Å²) in [6, 6.07) is 17.0. The number of Topliss-reactive ketones (excluding diaryl/α,β-unsaturated/α-hetero) is 1. The number of benzene rings is 3. The number of carbonyl (C=O) groups is 2. The Balaban J connectivity index is 1.71. The molecule has 7 nitrogen and oxygen atoms in total. The van der Waals surface area contributed by atoms with E-state index >= 15 is 0 Å². The molecule has 1 atom stereocenters. The highest BCUT2D eigenvalue weighted by Crippen LogP contribution is 2.45. The zero-order valence-corrected chi connectivity index (χ0v) is 22.0. The smallest absolute Gasteiger partial charge is 0.301 e. The van der Waals surface area contributed by atoms with Gasteiger partial charge < -0.3 is 14.6 Å². The highest BCUT2D eigenvalue weighted by molar-refractivity contribution is 9.10. The van der Waals surface area contributed by atoms with E-state index in [1.54, 1.807) is 44.6 Å². The van der Waals surface area contributed by atoms with Crippen LogP contribution in [0.1, 0.15) is 22.7 Å². The standard InChI is InChI=1S/C27H21BrN2O5S/c1-14-12-16(6-11-20(14)35-3)24(31)22-23(15-4-7-17(28)8-5-15)30(26(33)25(22)32)27-29-19-10-9-18(34-2)13-21(19)36-27/h4-13,23,31H,1-3H3/b24-22+. The van der Waals surface area contributed by atoms with Gasteiger partial charge in [0.05, 0.1) is 36.1 Å². The lowest BCUT2D eigenvalue weighted by Crippen LogP contribution is -2.29. The molecule has 9 heteroatoms. The number of hydrogen-bond acceptors (Lipinski definition) is 7. The fourth-order valence-electron chi connectivity index (χ4n) is 4.29. The minimum atomic E-state index is -0.858. The van der Waals surface area contributed by atoms with E-state index in [1.165, 1.54) is 16.2 Å². The van der Waals surface area contributed by atoms with Crippen LogP contribution in [-0.2, 0) is 9.59 Å². The molecule has 1 aliphatic heterocycles. The maximum absolute atomic E-state index is 13.4. The van der Waals surface area contributed by atoms with Crippen molar-refractivity contribution in [3.05, 3.63) is 87.4 Å². The highest BCUT2D eigenvalue weighted by atomic mass is 79.9. The van der Waals surface area contributed by atoms with Crippen molar-refractivity contribution in [2.24, 2.45) is 0 Å². The molecule has 3 aromatic carbocycles. The van der Waals surface area contributed by atoms with Crippen LogP contribution < -0.4 is 14.4 Å². The molecule has 1 N–H and O–H groups in total. The van der Waals surface area contributed by atoms with E-state index in [9.17, 15) is 14.7 Å². The first-order valence-corrected chi connectivity index (χ1v) is 12.6. The number of hydrogen-bond donors (Lipinski definition) is 1. The Bertz CT molecular complexity index is 1540. The first kappa shape index (κ1) is 24.0. The van der Waals surface area contributed by atoms with E-state index in [4.69, 9.17) is 9.47 Å². The Labute approximate surface area is 219 Å². The van der Waals surface area contributed by atoms with Gasteiger partial charge in [0.2, 0.25) is 0 Å². The van der Waals surface area contributed by atoms with Gasteiger partial charge in [0.25, 0.3) is 5.78 Å². The molecule has 36 heavy (non-hydrogen) atoms. The molecule has 0 spiro atoms. The number of ether oxygens (including phenoxy) is 2. The summed E-state index contributed by atoms with van der Waals surface area (Å²) in [5.74, 6) is -0.454. The first-order chi connectivity index (χ1) is 17.3. The molecule has 0 radical (unpaired) electrons. The van der Waals surface area contributed by atoms with Crippen molar-refractivity contribution in [3.63, 3.8) is 0 Å². The van der Waals surface area contributed by atoms with Crippen LogP contribution in [0.2, 0.25) is 0 Å². The van der Waals surface area contributed by atoms with Crippen molar-refractivity contribution in [1.82, 2.24) is 4.98 Å². The highest BCUT2D eigenvalue weighted by Gasteiger charge is 2.48. The van der Waals surface area contributed by atoms with Crippen LogP contribution >= 0.6 is 27.3 Å². The number of nitrogens with zero attached hydrogens (tertiary/aromatic N) is 2. The van der Waals surface area contributed by atoms with Crippen molar-refractivity contribution in [2.75, 3.05) is 19.1 Å². The molecular formula is C27H21BrN2O5S. The van der Waals surface area contributed by atoms with Crippen LogP contribution in [0.4, 0.5) is 5.13 Å². The molecular weight excluding hydrogens is 544 g/mol. The fourth-order valence-corrected chi connectivity index (χ4v) is 5.58. The number of fused-ring (bicyclic) bond motifs is 1. The van der Waals surface area contributed by atoms with Crippen molar-refractivity contribution >= 4 is 60.1 Å². The summed E-state index contributed by atoms with van der Waals surface area (Å²) in [6.45, 7) is 1.84. The van der Waals surface area contributed by atoms with Gasteiger partial charge in [-0.15, -0.1) is 0 Å². The zero-order valence-electron chi connectivity index (χ0n) is 19.6. The van der Waals surface area contributed by atoms with Crippen LogP contribution in [0.3, 0.4) is 0 Å². The summed E-state index contributed by atoms with van der Waals surface area (Å²) >= 11 is 4.71. The Hall–Kier alpha value is -3.69. The van der Waals surface area contributed by atoms with E-state index in [1.807, 2.05) is 37.3 Å². The van der Waals surface area contributed by atoms with Crippen LogP contribution in [0, 0.1) is 6.92 Å². The van der Waals surface area contributed by atoms with E-state index < -0.39 is 17.7 Å². The van der Waals surface area contributed by atoms with Crippen LogP contribution in [0.15, 0.2) is 70.7 Å². The molecule has 1 aliphatic rings. The predicted octanol–water partition coefficient (Wildman–Crippen LogP) is 6.01. The Morgan fingerprint density at radius 3 is 2.44 bits per heavy atom. The van der Waals surface area contributed by atoms with Gasteiger partial charge in [-0.3, -0.25) is 14.5 Å². The summed E-state index contributed by atoms with van der Waals surface area (Å²) in [5, 5.41) is 11.7. The summed E-state index contributed by atoms with van der Waals surface area (Å²) in [4.78, 5) is 32.8. The maximum Gasteiger partial charge on any atom is 0.301 e. The average Bonchev–Trinajstić information content (AvgIpc) is 3.41. The summed E-state index contributed by atoms with van der Waals surface area (Å²) in [5.41, 5.74) is 2.56. The minimum Gasteiger partial charge on any atom is -0.507 e. The van der Waals surface area contributed by atoms with E-state index in [-0.39, 0.29) is 11.3 Å². The van der Waals surface area contributed by atoms with Crippen LogP contribution in [-0.4, -0.2) is 36.0 Å². The molecule has 4 aromatic rings. The summed E-state index contributed by atoms with van der Waals surface area (Å²) in [7, 11) is 3.14. The number of methoxy groups -OCH3 is 2. The van der Waals surface area contributed by atoms with Crippen LogP contribution in [0.25, 0.3) is 16.0 Å². The monoisotopic (exact) mass is 564 g/mol. The number of aliphatic hydroxyl groups excluding tert-OH is 1. The van der Waals surface area contributed by atoms with Crippen molar-refractivity contribution in [1.29, 1.82) is 0 Å². The van der Waals surface area contributed by atoms with E-state index in [0.717, 1.165) is 14.7 Å². The molecule has 1 aromatic heterocycles. The molecule has 182 valence electrons. The van der Waals surface area contributed by atoms with E-state index in [0.29, 0.717) is 33.3 Å². The molecule has 0 aliphatic carbocycles. The average molecular weight is 565 g/mol. The second-order valence-corrected chi connectivity index (χ2v) is 10.2. The van der Waals surface area contributed by atoms with Gasteiger partial charge in [-0.1, -0.05) is 39.4 Å². The fraction of sp³-hybridized carbons (Fsp3) is 0.148. The lowest BCUT2D eigenvalue weighted by Gasteiger charge is -2.23. The number of anilines is 1. The maximum atomic E-state index is 13.4. The van der Waals surface area contributed by atoms with Crippen molar-refractivity contribution < 1.29 is 24.2 Å². The van der Waals surface area contributed by atoms with Gasteiger partial charge in [-0.25, -0.2) is 4.98 Å². The first-order valence-electron chi connectivity index (χ1n) is 11.0. The number of thiazole rings is 1. The third kappa shape index (κ3) is 4.04. The van der Waals surface area contributed by atoms with Gasteiger partial charge >= 0.3 is 5.91 Å². The number of rotatable bonds is 5. The van der Waals surface area contributed by atoms with Gasteiger partial charge in [-0.2, -0.15) is 0 Å². The Morgan fingerprint density at radius 1 is 1.03 bits per heavy atom. The second kappa shape index (κ2) is 9.40. The number of aryl methyl sites for hydroxylation is 1. The molecule has 0 bridgehead atoms. The van der Waals surface area contributed by atoms with Gasteiger partial charge in [0.1, 0.15) is 17.3 Å². The predicted molar refractivity (Wildman–Crippen MR) is 143 cm³/mol. The summed E-state index contributed by atoms with van der Waals surface area (Å²) < 4.78 is 12.3. The number of aromatic nitrogens is 1. The third-order valence-corrected chi connectivity index (χ3v) is 7.63. The topological polar surface area (TPSA) is 89.0 Å². The molecule has 1 fully saturated rings. The van der Waals surface area contributed by atoms with Crippen molar-refractivity contribution in [3.8, 4) is 11.5 Å². The number of ketones is 1. The number of halogens is 1. The molecule has 2 heterocycles. The third-order valence-electron chi connectivity index (χ3n) is 6.09. The number of aliphatic hydroxyl groups is 1. The normalized spacial score (nSPS) is 17.1. The largest absolute Gasteiger partial charge is 0.507 e. The lowest BCUT2D eigenvalue weighted by atomic mass is 9.95. The summed E-state index contributed by atoms with van der Waals surface area (Å²) in [6.07, 6.45) is 0. The number of carbonyl (C=O) groups excluding carboxylic acids is 2. The van der Waals surface area contributed by atoms with Gasteiger partial charge in [0, 0.05) is 10.0 Å². The second-order valence-electron chi connectivity index (χ2n) is 8.24. The molecule has 0 saturated carbocycles. The quantitative estimate of drug-likeness (QED) is 0.181. The molecule has 5 rings (SSSR count). The minimum absolute atomic E-state index is 0.00345.